The van der Waals surface area contributed by atoms with E-state index in [0.29, 0.717) is 30.4 Å². The van der Waals surface area contributed by atoms with Crippen molar-refractivity contribution in [3.63, 3.8) is 0 Å². The number of anilines is 1. The number of likely N-dealkylation sites (tertiary alicyclic amines) is 1. The molecule has 2 aliphatic heterocycles. The van der Waals surface area contributed by atoms with Crippen LogP contribution in [0.3, 0.4) is 0 Å². The lowest BCUT2D eigenvalue weighted by molar-refractivity contribution is -0.137. The summed E-state index contributed by atoms with van der Waals surface area (Å²) in [6.45, 7) is 6.70. The number of piperidine rings is 1. The summed E-state index contributed by atoms with van der Waals surface area (Å²) in [6.07, 6.45) is 1.90. The molecule has 7 heteroatoms. The average molecular weight is 360 g/mol. The van der Waals surface area contributed by atoms with E-state index in [1.165, 1.54) is 23.1 Å². The highest BCUT2D eigenvalue weighted by atomic mass is 16.5. The maximum Gasteiger partial charge on any atom is 0.335 e. The van der Waals surface area contributed by atoms with Gasteiger partial charge < -0.3 is 14.7 Å². The van der Waals surface area contributed by atoms with Gasteiger partial charge in [-0.25, -0.2) is 4.79 Å². The minimum atomic E-state index is -1.12. The molecule has 1 fully saturated rings. The molecule has 2 amide bonds. The predicted molar refractivity (Wildman–Crippen MR) is 95.4 cm³/mol. The summed E-state index contributed by atoms with van der Waals surface area (Å²) in [5, 5.41) is 9.23. The van der Waals surface area contributed by atoms with Crippen LogP contribution in [0.1, 0.15) is 44.0 Å². The smallest absolute Gasteiger partial charge is 0.335 e. The van der Waals surface area contributed by atoms with Crippen LogP contribution in [0.15, 0.2) is 18.2 Å². The second-order valence-corrected chi connectivity index (χ2v) is 7.55. The topological polar surface area (TPSA) is 87.2 Å². The van der Waals surface area contributed by atoms with Gasteiger partial charge in [-0.2, -0.15) is 0 Å². The number of amides is 2. The number of benzene rings is 1. The van der Waals surface area contributed by atoms with Gasteiger partial charge >= 0.3 is 5.97 Å². The lowest BCUT2D eigenvalue weighted by Gasteiger charge is -2.39. The molecule has 3 rings (SSSR count). The van der Waals surface area contributed by atoms with Crippen LogP contribution in [-0.4, -0.2) is 53.0 Å². The summed E-state index contributed by atoms with van der Waals surface area (Å²) < 4.78 is 5.73. The number of aromatic carboxylic acids is 1. The standard InChI is InChI=1S/C19H24N2O5/c1-12-6-8-20(9-7-12)16(22)11-21-14-10-13(17(23)24)4-5-15(14)26-19(2,3)18(21)25/h4-5,10,12H,6-9,11H2,1-3H3,(H,23,24). The fourth-order valence-electron chi connectivity index (χ4n) is 3.35. The second kappa shape index (κ2) is 6.63. The summed E-state index contributed by atoms with van der Waals surface area (Å²) in [5.74, 6) is -0.580. The van der Waals surface area contributed by atoms with Crippen LogP contribution in [-0.2, 0) is 9.59 Å². The number of carboxylic acids is 1. The van der Waals surface area contributed by atoms with E-state index in [9.17, 15) is 19.5 Å². The van der Waals surface area contributed by atoms with Crippen LogP contribution in [0.2, 0.25) is 0 Å². The number of carbonyl (C=O) groups is 3. The van der Waals surface area contributed by atoms with Crippen molar-refractivity contribution < 1.29 is 24.2 Å². The van der Waals surface area contributed by atoms with Crippen LogP contribution < -0.4 is 9.64 Å². The molecular formula is C19H24N2O5. The fourth-order valence-corrected chi connectivity index (χ4v) is 3.35. The molecular weight excluding hydrogens is 336 g/mol. The lowest BCUT2D eigenvalue weighted by Crippen LogP contribution is -2.55. The van der Waals surface area contributed by atoms with Crippen molar-refractivity contribution in [2.24, 2.45) is 5.92 Å². The summed E-state index contributed by atoms with van der Waals surface area (Å²) in [6, 6.07) is 4.35. The number of rotatable bonds is 3. The van der Waals surface area contributed by atoms with Crippen LogP contribution in [0.5, 0.6) is 5.75 Å². The van der Waals surface area contributed by atoms with Gasteiger partial charge in [0.05, 0.1) is 11.3 Å². The van der Waals surface area contributed by atoms with E-state index < -0.39 is 11.6 Å². The number of hydrogen-bond acceptors (Lipinski definition) is 4. The molecule has 140 valence electrons. The molecule has 0 unspecified atom stereocenters. The Labute approximate surface area is 152 Å². The number of carboxylic acid groups (broad SMARTS) is 1. The molecule has 1 saturated heterocycles. The minimum Gasteiger partial charge on any atom is -0.478 e. The van der Waals surface area contributed by atoms with Gasteiger partial charge in [0, 0.05) is 13.1 Å². The largest absolute Gasteiger partial charge is 0.478 e. The van der Waals surface area contributed by atoms with E-state index in [-0.39, 0.29) is 23.9 Å². The number of nitrogens with zero attached hydrogens (tertiary/aromatic N) is 2. The van der Waals surface area contributed by atoms with Gasteiger partial charge in [0.1, 0.15) is 12.3 Å². The molecule has 1 aromatic rings. The highest BCUT2D eigenvalue weighted by Crippen LogP contribution is 2.38. The monoisotopic (exact) mass is 360 g/mol. The molecule has 1 aromatic carbocycles. The maximum atomic E-state index is 12.8. The SMILES string of the molecule is CC1CCN(C(=O)CN2C(=O)C(C)(C)Oc3ccc(C(=O)O)cc32)CC1. The van der Waals surface area contributed by atoms with Crippen LogP contribution in [0.25, 0.3) is 0 Å². The van der Waals surface area contributed by atoms with E-state index in [0.717, 1.165) is 12.8 Å². The van der Waals surface area contributed by atoms with Gasteiger partial charge in [-0.3, -0.25) is 14.5 Å². The van der Waals surface area contributed by atoms with E-state index in [4.69, 9.17) is 4.74 Å². The zero-order chi connectivity index (χ0) is 19.1. The zero-order valence-electron chi connectivity index (χ0n) is 15.3. The number of hydrogen-bond donors (Lipinski definition) is 1. The Balaban J connectivity index is 1.89. The van der Waals surface area contributed by atoms with Gasteiger partial charge in [-0.05, 0) is 50.8 Å². The van der Waals surface area contributed by atoms with E-state index in [1.807, 2.05) is 0 Å². The molecule has 0 radical (unpaired) electrons. The third-order valence-electron chi connectivity index (χ3n) is 5.05. The molecule has 2 heterocycles. The molecule has 26 heavy (non-hydrogen) atoms. The molecule has 2 aliphatic rings. The van der Waals surface area contributed by atoms with E-state index in [2.05, 4.69) is 6.92 Å². The molecule has 0 spiro atoms. The molecule has 1 N–H and O–H groups in total. The van der Waals surface area contributed by atoms with E-state index in [1.54, 1.807) is 18.7 Å². The third kappa shape index (κ3) is 3.38. The predicted octanol–water partition coefficient (Wildman–Crippen LogP) is 2.15. The number of carbonyl (C=O) groups excluding carboxylic acids is 2. The Kier molecular flexibility index (Phi) is 4.64. The van der Waals surface area contributed by atoms with Crippen molar-refractivity contribution in [3.8, 4) is 5.75 Å². The summed E-state index contributed by atoms with van der Waals surface area (Å²) in [4.78, 5) is 40.0. The average Bonchev–Trinajstić information content (AvgIpc) is 2.58. The van der Waals surface area contributed by atoms with Gasteiger partial charge in [0.2, 0.25) is 5.91 Å². The first-order chi connectivity index (χ1) is 12.2. The van der Waals surface area contributed by atoms with Gasteiger partial charge in [0.15, 0.2) is 5.60 Å². The Morgan fingerprint density at radius 2 is 1.92 bits per heavy atom. The lowest BCUT2D eigenvalue weighted by atomic mass is 9.99. The quantitative estimate of drug-likeness (QED) is 0.892. The van der Waals surface area contributed by atoms with Gasteiger partial charge in [0.25, 0.3) is 5.91 Å². The molecule has 0 atom stereocenters. The van der Waals surface area contributed by atoms with Gasteiger partial charge in [-0.15, -0.1) is 0 Å². The zero-order valence-corrected chi connectivity index (χ0v) is 15.3. The summed E-state index contributed by atoms with van der Waals surface area (Å²) in [7, 11) is 0. The highest BCUT2D eigenvalue weighted by Gasteiger charge is 2.42. The first-order valence-corrected chi connectivity index (χ1v) is 8.85. The second-order valence-electron chi connectivity index (χ2n) is 7.55. The fraction of sp³-hybridized carbons (Fsp3) is 0.526. The Bertz CT molecular complexity index is 750. The highest BCUT2D eigenvalue weighted by molar-refractivity contribution is 6.06. The van der Waals surface area contributed by atoms with Crippen LogP contribution in [0.4, 0.5) is 5.69 Å². The molecule has 0 aromatic heterocycles. The van der Waals surface area contributed by atoms with Crippen LogP contribution in [0, 0.1) is 5.92 Å². The summed E-state index contributed by atoms with van der Waals surface area (Å²) in [5.41, 5.74) is -0.744. The number of ether oxygens (including phenoxy) is 1. The van der Waals surface area contributed by atoms with E-state index >= 15 is 0 Å². The van der Waals surface area contributed by atoms with Crippen molar-refractivity contribution in [2.45, 2.75) is 39.2 Å². The molecule has 0 bridgehead atoms. The van der Waals surface area contributed by atoms with Gasteiger partial charge in [-0.1, -0.05) is 6.92 Å². The normalized spacial score (nSPS) is 19.7. The van der Waals surface area contributed by atoms with Crippen molar-refractivity contribution in [2.75, 3.05) is 24.5 Å². The third-order valence-corrected chi connectivity index (χ3v) is 5.05. The Hall–Kier alpha value is -2.57. The molecule has 0 aliphatic carbocycles. The van der Waals surface area contributed by atoms with Crippen molar-refractivity contribution in [1.29, 1.82) is 0 Å². The minimum absolute atomic E-state index is 0.0455. The molecule has 7 nitrogen and oxygen atoms in total. The first-order valence-electron chi connectivity index (χ1n) is 8.85. The van der Waals surface area contributed by atoms with Crippen molar-refractivity contribution in [1.82, 2.24) is 4.90 Å². The first kappa shape index (κ1) is 18.2. The molecule has 0 saturated carbocycles. The Morgan fingerprint density at radius 1 is 1.27 bits per heavy atom. The Morgan fingerprint density at radius 3 is 2.54 bits per heavy atom. The van der Waals surface area contributed by atoms with Crippen molar-refractivity contribution >= 4 is 23.5 Å². The van der Waals surface area contributed by atoms with Crippen molar-refractivity contribution in [3.05, 3.63) is 23.8 Å². The summed E-state index contributed by atoms with van der Waals surface area (Å²) >= 11 is 0. The number of fused-ring (bicyclic) bond motifs is 1. The maximum absolute atomic E-state index is 12.8. The van der Waals surface area contributed by atoms with Crippen LogP contribution >= 0.6 is 0 Å².